The molecule has 0 aliphatic carbocycles. The SMILES string of the molecule is COc1ccc(C2c3c(nc(N)[nH]c3=O)NC(=O)C2NC(=O)c2ccccc2)cc1OC. The van der Waals surface area contributed by atoms with Gasteiger partial charge in [-0.05, 0) is 29.8 Å². The van der Waals surface area contributed by atoms with Crippen LogP contribution < -0.4 is 31.4 Å². The van der Waals surface area contributed by atoms with Gasteiger partial charge in [0.2, 0.25) is 11.9 Å². The van der Waals surface area contributed by atoms with Crippen LogP contribution in [0, 0.1) is 0 Å². The van der Waals surface area contributed by atoms with E-state index in [4.69, 9.17) is 15.2 Å². The molecular weight excluding hydrogens is 414 g/mol. The fraction of sp³-hybridized carbons (Fsp3) is 0.182. The number of hydrogen-bond acceptors (Lipinski definition) is 7. The topological polar surface area (TPSA) is 148 Å². The average Bonchev–Trinajstić information content (AvgIpc) is 2.79. The second kappa shape index (κ2) is 8.42. The number of hydrogen-bond donors (Lipinski definition) is 4. The van der Waals surface area contributed by atoms with Gasteiger partial charge in [0.1, 0.15) is 11.9 Å². The standard InChI is InChI=1S/C22H21N5O5/c1-31-13-9-8-12(10-14(13)32-2)15-16-18(26-22(23)27-20(16)29)25-21(30)17(15)24-19(28)11-6-4-3-5-7-11/h3-10,15,17H,1-2H3,(H,24,28)(H4,23,25,26,27,29,30). The third-order valence-corrected chi connectivity index (χ3v) is 5.23. The number of nitrogens with zero attached hydrogens (tertiary/aromatic N) is 1. The van der Waals surface area contributed by atoms with Gasteiger partial charge in [0.15, 0.2) is 11.5 Å². The first-order valence-electron chi connectivity index (χ1n) is 9.71. The molecule has 0 radical (unpaired) electrons. The number of H-pyrrole nitrogens is 1. The van der Waals surface area contributed by atoms with Crippen molar-refractivity contribution in [3.8, 4) is 11.5 Å². The summed E-state index contributed by atoms with van der Waals surface area (Å²) in [5.41, 5.74) is 6.24. The molecule has 164 valence electrons. The number of nitrogens with two attached hydrogens (primary N) is 1. The van der Waals surface area contributed by atoms with E-state index >= 15 is 0 Å². The van der Waals surface area contributed by atoms with Gasteiger partial charge >= 0.3 is 0 Å². The number of amides is 2. The molecule has 10 nitrogen and oxygen atoms in total. The van der Waals surface area contributed by atoms with Gasteiger partial charge < -0.3 is 25.8 Å². The smallest absolute Gasteiger partial charge is 0.258 e. The van der Waals surface area contributed by atoms with E-state index in [1.165, 1.54) is 14.2 Å². The van der Waals surface area contributed by atoms with Crippen molar-refractivity contribution in [2.45, 2.75) is 12.0 Å². The Balaban J connectivity index is 1.85. The van der Waals surface area contributed by atoms with Crippen LogP contribution in [0.5, 0.6) is 11.5 Å². The summed E-state index contributed by atoms with van der Waals surface area (Å²) < 4.78 is 10.7. The average molecular weight is 435 g/mol. The highest BCUT2D eigenvalue weighted by molar-refractivity contribution is 6.03. The maximum atomic E-state index is 13.0. The van der Waals surface area contributed by atoms with Crippen LogP contribution in [0.1, 0.15) is 27.4 Å². The number of ether oxygens (including phenoxy) is 2. The molecule has 2 amide bonds. The number of nitrogens with one attached hydrogen (secondary N) is 3. The van der Waals surface area contributed by atoms with E-state index in [0.717, 1.165) is 0 Å². The monoisotopic (exact) mass is 435 g/mol. The van der Waals surface area contributed by atoms with Gasteiger partial charge in [-0.25, -0.2) is 0 Å². The van der Waals surface area contributed by atoms with Crippen LogP contribution in [-0.2, 0) is 4.79 Å². The number of aromatic amines is 1. The van der Waals surface area contributed by atoms with Crippen LogP contribution in [0.4, 0.5) is 11.8 Å². The first-order valence-corrected chi connectivity index (χ1v) is 9.71. The minimum absolute atomic E-state index is 0.0428. The molecule has 4 rings (SSSR count). The Morgan fingerprint density at radius 3 is 2.47 bits per heavy atom. The molecule has 5 N–H and O–H groups in total. The molecule has 0 spiro atoms. The zero-order chi connectivity index (χ0) is 22.8. The third-order valence-electron chi connectivity index (χ3n) is 5.23. The minimum atomic E-state index is -1.10. The Bertz CT molecular complexity index is 1240. The van der Waals surface area contributed by atoms with E-state index in [2.05, 4.69) is 20.6 Å². The minimum Gasteiger partial charge on any atom is -0.493 e. The summed E-state index contributed by atoms with van der Waals surface area (Å²) >= 11 is 0. The highest BCUT2D eigenvalue weighted by atomic mass is 16.5. The van der Waals surface area contributed by atoms with Crippen molar-refractivity contribution in [1.82, 2.24) is 15.3 Å². The predicted molar refractivity (Wildman–Crippen MR) is 117 cm³/mol. The summed E-state index contributed by atoms with van der Waals surface area (Å²) in [5, 5.41) is 5.33. The molecular formula is C22H21N5O5. The molecule has 2 atom stereocenters. The van der Waals surface area contributed by atoms with Crippen molar-refractivity contribution in [3.63, 3.8) is 0 Å². The van der Waals surface area contributed by atoms with E-state index in [9.17, 15) is 14.4 Å². The number of methoxy groups -OCH3 is 2. The number of carbonyl (C=O) groups excluding carboxylic acids is 2. The Kier molecular flexibility index (Phi) is 5.50. The molecule has 2 heterocycles. The first kappa shape index (κ1) is 20.9. The molecule has 2 unspecified atom stereocenters. The van der Waals surface area contributed by atoms with Crippen molar-refractivity contribution < 1.29 is 19.1 Å². The van der Waals surface area contributed by atoms with E-state index in [1.807, 2.05) is 0 Å². The number of benzene rings is 2. The summed E-state index contributed by atoms with van der Waals surface area (Å²) in [5.74, 6) is -1.05. The maximum Gasteiger partial charge on any atom is 0.258 e. The highest BCUT2D eigenvalue weighted by Crippen LogP contribution is 2.38. The van der Waals surface area contributed by atoms with Gasteiger partial charge in [0, 0.05) is 11.5 Å². The van der Waals surface area contributed by atoms with E-state index in [-0.39, 0.29) is 17.3 Å². The van der Waals surface area contributed by atoms with Gasteiger partial charge in [-0.2, -0.15) is 4.98 Å². The lowest BCUT2D eigenvalue weighted by Gasteiger charge is -2.32. The number of anilines is 2. The zero-order valence-corrected chi connectivity index (χ0v) is 17.3. The van der Waals surface area contributed by atoms with E-state index < -0.39 is 29.3 Å². The molecule has 2 aromatic carbocycles. The maximum absolute atomic E-state index is 13.0. The Labute approximate surface area is 182 Å². The number of carbonyl (C=O) groups is 2. The molecule has 10 heteroatoms. The highest BCUT2D eigenvalue weighted by Gasteiger charge is 2.41. The molecule has 1 aromatic heterocycles. The third kappa shape index (κ3) is 3.73. The van der Waals surface area contributed by atoms with Gasteiger partial charge in [0.25, 0.3) is 11.5 Å². The number of nitrogen functional groups attached to an aromatic ring is 1. The fourth-order valence-electron chi connectivity index (χ4n) is 3.76. The van der Waals surface area contributed by atoms with Crippen molar-refractivity contribution in [3.05, 3.63) is 75.6 Å². The normalized spacial score (nSPS) is 17.1. The van der Waals surface area contributed by atoms with Crippen LogP contribution in [0.2, 0.25) is 0 Å². The number of aromatic nitrogens is 2. The summed E-state index contributed by atoms with van der Waals surface area (Å²) in [6, 6.07) is 12.4. The number of rotatable bonds is 5. The lowest BCUT2D eigenvalue weighted by molar-refractivity contribution is -0.118. The van der Waals surface area contributed by atoms with Crippen LogP contribution >= 0.6 is 0 Å². The van der Waals surface area contributed by atoms with Crippen molar-refractivity contribution in [2.75, 3.05) is 25.3 Å². The predicted octanol–water partition coefficient (Wildman–Crippen LogP) is 1.25. The molecule has 0 saturated heterocycles. The van der Waals surface area contributed by atoms with Gasteiger partial charge in [0.05, 0.1) is 19.8 Å². The first-order chi connectivity index (χ1) is 15.4. The van der Waals surface area contributed by atoms with Crippen LogP contribution in [-0.4, -0.2) is 42.0 Å². The summed E-state index contributed by atoms with van der Waals surface area (Å²) in [4.78, 5) is 45.3. The fourth-order valence-corrected chi connectivity index (χ4v) is 3.76. The Morgan fingerprint density at radius 1 is 1.06 bits per heavy atom. The molecule has 0 bridgehead atoms. The van der Waals surface area contributed by atoms with Crippen molar-refractivity contribution in [1.29, 1.82) is 0 Å². The number of fused-ring (bicyclic) bond motifs is 1. The van der Waals surface area contributed by atoms with Gasteiger partial charge in [-0.3, -0.25) is 19.4 Å². The lowest BCUT2D eigenvalue weighted by atomic mass is 9.82. The lowest BCUT2D eigenvalue weighted by Crippen LogP contribution is -2.52. The van der Waals surface area contributed by atoms with Crippen LogP contribution in [0.25, 0.3) is 0 Å². The second-order valence-corrected chi connectivity index (χ2v) is 7.11. The summed E-state index contributed by atoms with van der Waals surface area (Å²) in [6.45, 7) is 0. The largest absolute Gasteiger partial charge is 0.493 e. The van der Waals surface area contributed by atoms with Gasteiger partial charge in [-0.15, -0.1) is 0 Å². The molecule has 0 fully saturated rings. The summed E-state index contributed by atoms with van der Waals surface area (Å²) in [7, 11) is 2.98. The molecule has 3 aromatic rings. The molecule has 0 saturated carbocycles. The molecule has 32 heavy (non-hydrogen) atoms. The van der Waals surface area contributed by atoms with Crippen LogP contribution in [0.3, 0.4) is 0 Å². The van der Waals surface area contributed by atoms with Crippen molar-refractivity contribution >= 4 is 23.6 Å². The van der Waals surface area contributed by atoms with Gasteiger partial charge in [-0.1, -0.05) is 24.3 Å². The Hall–Kier alpha value is -4.34. The zero-order valence-electron chi connectivity index (χ0n) is 17.3. The summed E-state index contributed by atoms with van der Waals surface area (Å²) in [6.07, 6.45) is 0. The Morgan fingerprint density at radius 2 is 1.78 bits per heavy atom. The molecule has 1 aliphatic heterocycles. The van der Waals surface area contributed by atoms with Crippen molar-refractivity contribution in [2.24, 2.45) is 0 Å². The molecule has 1 aliphatic rings. The van der Waals surface area contributed by atoms with Crippen LogP contribution in [0.15, 0.2) is 53.3 Å². The van der Waals surface area contributed by atoms with E-state index in [0.29, 0.717) is 22.6 Å². The quantitative estimate of drug-likeness (QED) is 0.471. The van der Waals surface area contributed by atoms with E-state index in [1.54, 1.807) is 48.5 Å². The second-order valence-electron chi connectivity index (χ2n) is 7.11.